The summed E-state index contributed by atoms with van der Waals surface area (Å²) in [4.78, 5) is 11.7. The van der Waals surface area contributed by atoms with Gasteiger partial charge in [-0.1, -0.05) is 25.5 Å². The lowest BCUT2D eigenvalue weighted by atomic mass is 10.1. The van der Waals surface area contributed by atoms with Crippen LogP contribution in [0.4, 0.5) is 23.8 Å². The second-order valence-electron chi connectivity index (χ2n) is 5.76. The number of rotatable bonds is 6. The topological polar surface area (TPSA) is 59.0 Å². The Kier molecular flexibility index (Phi) is 6.06. The van der Waals surface area contributed by atoms with Gasteiger partial charge in [0, 0.05) is 18.3 Å². The third-order valence-corrected chi connectivity index (χ3v) is 3.63. The quantitative estimate of drug-likeness (QED) is 0.765. The Bertz CT molecular complexity index is 725. The fraction of sp³-hybridized carbons (Fsp3) is 0.412. The summed E-state index contributed by atoms with van der Waals surface area (Å²) in [5.74, 6) is 0.360. The van der Waals surface area contributed by atoms with Crippen molar-refractivity contribution in [3.8, 4) is 0 Å². The molecule has 0 bridgehead atoms. The number of unbranched alkanes of at least 4 members (excludes halogenated alkanes) is 1. The summed E-state index contributed by atoms with van der Waals surface area (Å²) in [6.45, 7) is 4.57. The molecule has 0 saturated carbocycles. The number of carbonyl (C=O) groups excluding carboxylic acids is 1. The molecule has 1 heterocycles. The number of amides is 2. The first-order chi connectivity index (χ1) is 11.8. The molecule has 0 saturated heterocycles. The predicted molar refractivity (Wildman–Crippen MR) is 89.4 cm³/mol. The highest BCUT2D eigenvalue weighted by molar-refractivity contribution is 5.88. The number of aryl methyl sites for hydroxylation is 1. The van der Waals surface area contributed by atoms with Crippen LogP contribution in [0.3, 0.4) is 0 Å². The number of hydrogen-bond donors (Lipinski definition) is 2. The second kappa shape index (κ2) is 8.04. The predicted octanol–water partition coefficient (Wildman–Crippen LogP) is 4.18. The van der Waals surface area contributed by atoms with E-state index in [9.17, 15) is 18.0 Å². The summed E-state index contributed by atoms with van der Waals surface area (Å²) in [6, 6.07) is 6.45. The van der Waals surface area contributed by atoms with Gasteiger partial charge in [-0.15, -0.1) is 0 Å². The van der Waals surface area contributed by atoms with Gasteiger partial charge in [-0.05, 0) is 31.0 Å². The molecule has 0 unspecified atom stereocenters. The lowest BCUT2D eigenvalue weighted by Crippen LogP contribution is -2.29. The van der Waals surface area contributed by atoms with Gasteiger partial charge in [0.1, 0.15) is 0 Å². The van der Waals surface area contributed by atoms with Crippen LogP contribution in [-0.2, 0) is 12.7 Å². The number of aromatic nitrogens is 2. The molecule has 1 aromatic carbocycles. The van der Waals surface area contributed by atoms with E-state index < -0.39 is 11.7 Å². The number of alkyl halides is 3. The minimum Gasteiger partial charge on any atom is -0.338 e. The highest BCUT2D eigenvalue weighted by atomic mass is 19.4. The van der Waals surface area contributed by atoms with E-state index in [1.165, 1.54) is 6.07 Å². The van der Waals surface area contributed by atoms with Crippen molar-refractivity contribution >= 4 is 11.8 Å². The van der Waals surface area contributed by atoms with Crippen LogP contribution in [0.2, 0.25) is 0 Å². The molecule has 8 heteroatoms. The normalized spacial score (nSPS) is 11.4. The van der Waals surface area contributed by atoms with Crippen LogP contribution in [0.5, 0.6) is 0 Å². The summed E-state index contributed by atoms with van der Waals surface area (Å²) >= 11 is 0. The number of anilines is 1. The van der Waals surface area contributed by atoms with Crippen molar-refractivity contribution in [3.05, 3.63) is 47.2 Å². The first-order valence-corrected chi connectivity index (χ1v) is 8.05. The summed E-state index contributed by atoms with van der Waals surface area (Å²) in [5, 5.41) is 9.56. The van der Waals surface area contributed by atoms with Crippen molar-refractivity contribution in [1.29, 1.82) is 0 Å². The first-order valence-electron chi connectivity index (χ1n) is 8.05. The van der Waals surface area contributed by atoms with E-state index in [0.29, 0.717) is 17.9 Å². The average Bonchev–Trinajstić information content (AvgIpc) is 2.86. The Labute approximate surface area is 144 Å². The summed E-state index contributed by atoms with van der Waals surface area (Å²) in [5.41, 5.74) is 0.532. The Morgan fingerprint density at radius 3 is 2.72 bits per heavy atom. The minimum atomic E-state index is -4.38. The average molecular weight is 354 g/mol. The number of carbonyl (C=O) groups is 1. The second-order valence-corrected chi connectivity index (χ2v) is 5.76. The van der Waals surface area contributed by atoms with E-state index in [2.05, 4.69) is 15.7 Å². The molecule has 0 radical (unpaired) electrons. The third-order valence-electron chi connectivity index (χ3n) is 3.63. The lowest BCUT2D eigenvalue weighted by molar-refractivity contribution is -0.137. The van der Waals surface area contributed by atoms with Gasteiger partial charge in [0.05, 0.1) is 12.1 Å². The molecule has 0 aliphatic carbocycles. The smallest absolute Gasteiger partial charge is 0.338 e. The maximum absolute atomic E-state index is 12.8. The SMILES string of the molecule is CCCCNC(=O)Nc1cc(C)n(Cc2cccc(C(F)(F)F)c2)n1. The Morgan fingerprint density at radius 1 is 1.28 bits per heavy atom. The standard InChI is InChI=1S/C17H21F3N4O/c1-3-4-8-21-16(25)22-15-9-12(2)24(23-15)11-13-6-5-7-14(10-13)17(18,19)20/h5-7,9-10H,3-4,8,11H2,1-2H3,(H2,21,22,23,25). The molecule has 136 valence electrons. The van der Waals surface area contributed by atoms with Gasteiger partial charge < -0.3 is 5.32 Å². The van der Waals surface area contributed by atoms with E-state index in [-0.39, 0.29) is 12.6 Å². The molecule has 0 fully saturated rings. The monoisotopic (exact) mass is 354 g/mol. The molecule has 2 amide bonds. The molecule has 2 N–H and O–H groups in total. The van der Waals surface area contributed by atoms with Crippen molar-refractivity contribution in [2.24, 2.45) is 0 Å². The maximum atomic E-state index is 12.8. The van der Waals surface area contributed by atoms with Crippen molar-refractivity contribution in [1.82, 2.24) is 15.1 Å². The Morgan fingerprint density at radius 2 is 2.04 bits per heavy atom. The molecule has 0 aliphatic rings. The molecule has 0 spiro atoms. The Hall–Kier alpha value is -2.51. The lowest BCUT2D eigenvalue weighted by Gasteiger charge is -2.09. The van der Waals surface area contributed by atoms with E-state index in [0.717, 1.165) is 30.7 Å². The number of nitrogens with zero attached hydrogens (tertiary/aromatic N) is 2. The fourth-order valence-electron chi connectivity index (χ4n) is 2.29. The van der Waals surface area contributed by atoms with Crippen LogP contribution in [0.15, 0.2) is 30.3 Å². The molecule has 1 aromatic heterocycles. The molecule has 5 nitrogen and oxygen atoms in total. The van der Waals surface area contributed by atoms with Crippen molar-refractivity contribution in [2.75, 3.05) is 11.9 Å². The van der Waals surface area contributed by atoms with Crippen LogP contribution in [-0.4, -0.2) is 22.4 Å². The van der Waals surface area contributed by atoms with Crippen LogP contribution in [0.1, 0.15) is 36.6 Å². The third kappa shape index (κ3) is 5.51. The summed E-state index contributed by atoms with van der Waals surface area (Å²) < 4.78 is 39.9. The van der Waals surface area contributed by atoms with E-state index in [1.54, 1.807) is 23.7 Å². The number of nitrogens with one attached hydrogen (secondary N) is 2. The van der Waals surface area contributed by atoms with Crippen molar-refractivity contribution < 1.29 is 18.0 Å². The molecule has 2 aromatic rings. The van der Waals surface area contributed by atoms with Gasteiger partial charge in [0.2, 0.25) is 0 Å². The zero-order chi connectivity index (χ0) is 18.4. The largest absolute Gasteiger partial charge is 0.416 e. The van der Waals surface area contributed by atoms with Gasteiger partial charge in [-0.3, -0.25) is 10.00 Å². The van der Waals surface area contributed by atoms with Gasteiger partial charge in [-0.2, -0.15) is 18.3 Å². The molecular formula is C17H21F3N4O. The summed E-state index contributed by atoms with van der Waals surface area (Å²) in [6.07, 6.45) is -2.51. The molecule has 2 rings (SSSR count). The van der Waals surface area contributed by atoms with Crippen LogP contribution >= 0.6 is 0 Å². The van der Waals surface area contributed by atoms with E-state index in [4.69, 9.17) is 0 Å². The highest BCUT2D eigenvalue weighted by Crippen LogP contribution is 2.29. The number of benzene rings is 1. The summed E-state index contributed by atoms with van der Waals surface area (Å²) in [7, 11) is 0. The van der Waals surface area contributed by atoms with E-state index >= 15 is 0 Å². The first kappa shape index (κ1) is 18.8. The molecule has 0 atom stereocenters. The van der Waals surface area contributed by atoms with Gasteiger partial charge >= 0.3 is 12.2 Å². The van der Waals surface area contributed by atoms with Gasteiger partial charge in [-0.25, -0.2) is 4.79 Å². The fourth-order valence-corrected chi connectivity index (χ4v) is 2.29. The number of urea groups is 1. The minimum absolute atomic E-state index is 0.189. The zero-order valence-corrected chi connectivity index (χ0v) is 14.2. The van der Waals surface area contributed by atoms with Crippen LogP contribution in [0.25, 0.3) is 0 Å². The molecule has 0 aliphatic heterocycles. The van der Waals surface area contributed by atoms with Crippen LogP contribution in [0, 0.1) is 6.92 Å². The Balaban J connectivity index is 2.04. The van der Waals surface area contributed by atoms with Gasteiger partial charge in [0.15, 0.2) is 5.82 Å². The van der Waals surface area contributed by atoms with Crippen molar-refractivity contribution in [3.63, 3.8) is 0 Å². The zero-order valence-electron chi connectivity index (χ0n) is 14.2. The number of hydrogen-bond acceptors (Lipinski definition) is 2. The molecule has 25 heavy (non-hydrogen) atoms. The number of halogens is 3. The maximum Gasteiger partial charge on any atom is 0.416 e. The van der Waals surface area contributed by atoms with Gasteiger partial charge in [0.25, 0.3) is 0 Å². The molecular weight excluding hydrogens is 333 g/mol. The van der Waals surface area contributed by atoms with Crippen LogP contribution < -0.4 is 10.6 Å². The highest BCUT2D eigenvalue weighted by Gasteiger charge is 2.30. The van der Waals surface area contributed by atoms with Crippen molar-refractivity contribution in [2.45, 2.75) is 39.4 Å². The van der Waals surface area contributed by atoms with E-state index in [1.807, 2.05) is 6.92 Å².